The van der Waals surface area contributed by atoms with Crippen LogP contribution in [0.1, 0.15) is 0 Å². The molecule has 0 amide bonds. The molecule has 60 valence electrons. The van der Waals surface area contributed by atoms with Crippen LogP contribution in [0.15, 0.2) is 0 Å². The molecule has 1 aliphatic rings. The van der Waals surface area contributed by atoms with Gasteiger partial charge in [0, 0.05) is 0 Å². The highest BCUT2D eigenvalue weighted by molar-refractivity contribution is 4.86. The molecule has 0 aromatic rings. The Balaban J connectivity index is 2.53. The minimum absolute atomic E-state index is 0.327. The van der Waals surface area contributed by atoms with Gasteiger partial charge in [-0.3, -0.25) is 0 Å². The molecule has 10 heavy (non-hydrogen) atoms. The van der Waals surface area contributed by atoms with Gasteiger partial charge in [-0.1, -0.05) is 0 Å². The summed E-state index contributed by atoms with van der Waals surface area (Å²) in [7, 11) is 0. The summed E-state index contributed by atoms with van der Waals surface area (Å²) in [5.74, 6) is 0. The molecule has 0 aromatic heterocycles. The van der Waals surface area contributed by atoms with Gasteiger partial charge in [0.15, 0.2) is 0 Å². The standard InChI is InChI=1S/C5H11NO4/c6-5-4(9)3(8)2(1-7)10-5/h2-5,7-9H,1,6H2/t2-,3+,4-,5?/m1/s1. The first kappa shape index (κ1) is 7.90. The second-order valence-corrected chi connectivity index (χ2v) is 2.30. The molecule has 4 atom stereocenters. The van der Waals surface area contributed by atoms with Gasteiger partial charge < -0.3 is 25.8 Å². The first-order valence-corrected chi connectivity index (χ1v) is 3.05. The summed E-state index contributed by atoms with van der Waals surface area (Å²) in [6, 6.07) is 0. The molecule has 0 aliphatic carbocycles. The van der Waals surface area contributed by atoms with E-state index in [1.165, 1.54) is 0 Å². The molecule has 0 saturated carbocycles. The molecule has 1 fully saturated rings. The fourth-order valence-corrected chi connectivity index (χ4v) is 0.928. The Morgan fingerprint density at radius 3 is 2.10 bits per heavy atom. The monoisotopic (exact) mass is 149 g/mol. The predicted octanol–water partition coefficient (Wildman–Crippen LogP) is -2.62. The first-order valence-electron chi connectivity index (χ1n) is 3.05. The SMILES string of the molecule is NC1O[C@H](CO)[C@H](O)[C@H]1O. The minimum Gasteiger partial charge on any atom is -0.394 e. The maximum Gasteiger partial charge on any atom is 0.135 e. The molecule has 1 aliphatic heterocycles. The van der Waals surface area contributed by atoms with Crippen LogP contribution >= 0.6 is 0 Å². The third-order valence-corrected chi connectivity index (χ3v) is 1.58. The molecule has 1 saturated heterocycles. The predicted molar refractivity (Wildman–Crippen MR) is 31.9 cm³/mol. The molecule has 1 heterocycles. The Kier molecular flexibility index (Phi) is 2.22. The normalized spacial score (nSPS) is 48.0. The van der Waals surface area contributed by atoms with Gasteiger partial charge in [-0.2, -0.15) is 0 Å². The van der Waals surface area contributed by atoms with Gasteiger partial charge in [-0.25, -0.2) is 0 Å². The van der Waals surface area contributed by atoms with Gasteiger partial charge in [0.05, 0.1) is 6.61 Å². The van der Waals surface area contributed by atoms with E-state index >= 15 is 0 Å². The fraction of sp³-hybridized carbons (Fsp3) is 1.00. The van der Waals surface area contributed by atoms with E-state index in [0.29, 0.717) is 0 Å². The Morgan fingerprint density at radius 2 is 1.90 bits per heavy atom. The van der Waals surface area contributed by atoms with E-state index in [1.54, 1.807) is 0 Å². The molecular weight excluding hydrogens is 138 g/mol. The van der Waals surface area contributed by atoms with E-state index in [-0.39, 0.29) is 6.61 Å². The molecule has 5 heteroatoms. The Bertz CT molecular complexity index is 120. The van der Waals surface area contributed by atoms with Crippen LogP contribution in [0.5, 0.6) is 0 Å². The van der Waals surface area contributed by atoms with Crippen molar-refractivity contribution in [2.24, 2.45) is 5.73 Å². The van der Waals surface area contributed by atoms with E-state index in [0.717, 1.165) is 0 Å². The second kappa shape index (κ2) is 2.81. The van der Waals surface area contributed by atoms with E-state index in [2.05, 4.69) is 0 Å². The number of aliphatic hydroxyl groups excluding tert-OH is 3. The number of nitrogens with two attached hydrogens (primary N) is 1. The molecule has 0 bridgehead atoms. The van der Waals surface area contributed by atoms with Crippen molar-refractivity contribution in [1.82, 2.24) is 0 Å². The third kappa shape index (κ3) is 1.14. The smallest absolute Gasteiger partial charge is 0.135 e. The number of aliphatic hydroxyl groups is 3. The molecule has 0 spiro atoms. The van der Waals surface area contributed by atoms with Crippen molar-refractivity contribution >= 4 is 0 Å². The molecule has 5 nitrogen and oxygen atoms in total. The zero-order valence-electron chi connectivity index (χ0n) is 5.34. The summed E-state index contributed by atoms with van der Waals surface area (Å²) in [5.41, 5.74) is 5.19. The Morgan fingerprint density at radius 1 is 1.30 bits per heavy atom. The Hall–Kier alpha value is -0.200. The summed E-state index contributed by atoms with van der Waals surface area (Å²) in [6.07, 6.45) is -3.78. The van der Waals surface area contributed by atoms with Crippen molar-refractivity contribution in [3.63, 3.8) is 0 Å². The lowest BCUT2D eigenvalue weighted by Crippen LogP contribution is -2.37. The summed E-state index contributed by atoms with van der Waals surface area (Å²) >= 11 is 0. The number of hydrogen-bond acceptors (Lipinski definition) is 5. The van der Waals surface area contributed by atoms with Crippen molar-refractivity contribution in [3.8, 4) is 0 Å². The maximum absolute atomic E-state index is 9.01. The van der Waals surface area contributed by atoms with Gasteiger partial charge in [0.1, 0.15) is 24.5 Å². The van der Waals surface area contributed by atoms with Crippen LogP contribution in [0.25, 0.3) is 0 Å². The van der Waals surface area contributed by atoms with Crippen LogP contribution in [0.3, 0.4) is 0 Å². The van der Waals surface area contributed by atoms with E-state index in [4.69, 9.17) is 25.8 Å². The molecular formula is C5H11NO4. The van der Waals surface area contributed by atoms with Gasteiger partial charge >= 0.3 is 0 Å². The second-order valence-electron chi connectivity index (χ2n) is 2.30. The highest BCUT2D eigenvalue weighted by Gasteiger charge is 2.39. The summed E-state index contributed by atoms with van der Waals surface area (Å²) in [5, 5.41) is 26.5. The van der Waals surface area contributed by atoms with Gasteiger partial charge in [-0.05, 0) is 0 Å². The molecule has 1 unspecified atom stereocenters. The van der Waals surface area contributed by atoms with Crippen LogP contribution in [0, 0.1) is 0 Å². The molecule has 1 rings (SSSR count). The zero-order valence-corrected chi connectivity index (χ0v) is 5.34. The molecule has 0 aromatic carbocycles. The molecule has 5 N–H and O–H groups in total. The summed E-state index contributed by atoms with van der Waals surface area (Å²) < 4.78 is 4.76. The largest absolute Gasteiger partial charge is 0.394 e. The third-order valence-electron chi connectivity index (χ3n) is 1.58. The lowest BCUT2D eigenvalue weighted by molar-refractivity contribution is -0.0200. The van der Waals surface area contributed by atoms with Gasteiger partial charge in [-0.15, -0.1) is 0 Å². The lowest BCUT2D eigenvalue weighted by Gasteiger charge is -2.09. The first-order chi connectivity index (χ1) is 4.66. The number of hydrogen-bond donors (Lipinski definition) is 4. The van der Waals surface area contributed by atoms with Crippen molar-refractivity contribution < 1.29 is 20.1 Å². The average Bonchev–Trinajstić information content (AvgIpc) is 2.17. The Labute approximate surface area is 58.0 Å². The van der Waals surface area contributed by atoms with Crippen LogP contribution in [-0.2, 0) is 4.74 Å². The van der Waals surface area contributed by atoms with Crippen LogP contribution in [0.2, 0.25) is 0 Å². The highest BCUT2D eigenvalue weighted by atomic mass is 16.6. The topological polar surface area (TPSA) is 95.9 Å². The van der Waals surface area contributed by atoms with Gasteiger partial charge in [0.2, 0.25) is 0 Å². The number of ether oxygens (including phenoxy) is 1. The summed E-state index contributed by atoms with van der Waals surface area (Å²) in [4.78, 5) is 0. The highest BCUT2D eigenvalue weighted by Crippen LogP contribution is 2.16. The van der Waals surface area contributed by atoms with Crippen molar-refractivity contribution in [1.29, 1.82) is 0 Å². The van der Waals surface area contributed by atoms with E-state index < -0.39 is 24.5 Å². The van der Waals surface area contributed by atoms with Crippen molar-refractivity contribution in [2.75, 3.05) is 6.61 Å². The zero-order chi connectivity index (χ0) is 7.72. The average molecular weight is 149 g/mol. The lowest BCUT2D eigenvalue weighted by atomic mass is 10.1. The fourth-order valence-electron chi connectivity index (χ4n) is 0.928. The minimum atomic E-state index is -1.09. The van der Waals surface area contributed by atoms with Crippen LogP contribution in [-0.4, -0.2) is 46.5 Å². The quantitative estimate of drug-likeness (QED) is 0.327. The van der Waals surface area contributed by atoms with Crippen molar-refractivity contribution in [2.45, 2.75) is 24.5 Å². The number of rotatable bonds is 1. The van der Waals surface area contributed by atoms with Gasteiger partial charge in [0.25, 0.3) is 0 Å². The summed E-state index contributed by atoms with van der Waals surface area (Å²) in [6.45, 7) is -0.327. The molecule has 0 radical (unpaired) electrons. The van der Waals surface area contributed by atoms with E-state index in [1.807, 2.05) is 0 Å². The van der Waals surface area contributed by atoms with Crippen LogP contribution in [0.4, 0.5) is 0 Å². The van der Waals surface area contributed by atoms with E-state index in [9.17, 15) is 0 Å². The van der Waals surface area contributed by atoms with Crippen molar-refractivity contribution in [3.05, 3.63) is 0 Å². The van der Waals surface area contributed by atoms with Crippen LogP contribution < -0.4 is 5.73 Å². The maximum atomic E-state index is 9.01.